The Morgan fingerprint density at radius 2 is 2.55 bits per heavy atom. The minimum Gasteiger partial charge on any atom is -0.399 e. The molecule has 0 saturated carbocycles. The van der Waals surface area contributed by atoms with Crippen molar-refractivity contribution in [1.29, 1.82) is 0 Å². The van der Waals surface area contributed by atoms with Gasteiger partial charge in [-0.2, -0.15) is 0 Å². The van der Waals surface area contributed by atoms with Crippen molar-refractivity contribution < 1.29 is 4.74 Å². The molecular formula is C8H12ClNO. The Balaban J connectivity index is 2.58. The lowest BCUT2D eigenvalue weighted by atomic mass is 10.1. The van der Waals surface area contributed by atoms with Gasteiger partial charge in [-0.1, -0.05) is 17.7 Å². The molecule has 0 aromatic heterocycles. The zero-order valence-corrected chi connectivity index (χ0v) is 7.27. The van der Waals surface area contributed by atoms with Gasteiger partial charge in [-0.15, -0.1) is 0 Å². The van der Waals surface area contributed by atoms with Crippen LogP contribution in [0.15, 0.2) is 23.9 Å². The van der Waals surface area contributed by atoms with Gasteiger partial charge in [0.2, 0.25) is 0 Å². The van der Waals surface area contributed by atoms with Crippen molar-refractivity contribution in [3.8, 4) is 0 Å². The monoisotopic (exact) mass is 173 g/mol. The summed E-state index contributed by atoms with van der Waals surface area (Å²) in [5, 5.41) is -0.655. The summed E-state index contributed by atoms with van der Waals surface area (Å²) in [5.41, 5.74) is 6.26. The average molecular weight is 174 g/mol. The molecule has 1 aliphatic rings. The predicted octanol–water partition coefficient (Wildman–Crippen LogP) is 1.76. The molecule has 2 N–H and O–H groups in total. The number of ether oxygens (including phenoxy) is 1. The van der Waals surface area contributed by atoms with Crippen LogP contribution in [0.3, 0.4) is 0 Å². The Bertz CT molecular complexity index is 200. The van der Waals surface area contributed by atoms with Crippen LogP contribution in [0.25, 0.3) is 0 Å². The second-order valence-electron chi connectivity index (χ2n) is 2.46. The number of rotatable bonds is 2. The topological polar surface area (TPSA) is 35.2 Å². The van der Waals surface area contributed by atoms with Gasteiger partial charge in [0.25, 0.3) is 0 Å². The Labute approximate surface area is 71.7 Å². The van der Waals surface area contributed by atoms with Crippen molar-refractivity contribution >= 4 is 11.6 Å². The third-order valence-electron chi connectivity index (χ3n) is 1.53. The minimum atomic E-state index is -0.655. The van der Waals surface area contributed by atoms with E-state index in [4.69, 9.17) is 22.1 Å². The highest BCUT2D eigenvalue weighted by Crippen LogP contribution is 2.27. The van der Waals surface area contributed by atoms with Crippen LogP contribution in [-0.4, -0.2) is 11.7 Å². The van der Waals surface area contributed by atoms with Crippen LogP contribution in [-0.2, 0) is 4.74 Å². The fraction of sp³-hybridized carbons (Fsp3) is 0.500. The highest BCUT2D eigenvalue weighted by Gasteiger charge is 2.24. The van der Waals surface area contributed by atoms with Gasteiger partial charge in [0.1, 0.15) is 0 Å². The minimum absolute atomic E-state index is 0.613. The van der Waals surface area contributed by atoms with Crippen molar-refractivity contribution in [3.05, 3.63) is 23.9 Å². The van der Waals surface area contributed by atoms with E-state index >= 15 is 0 Å². The lowest BCUT2D eigenvalue weighted by molar-refractivity contribution is 0.0647. The van der Waals surface area contributed by atoms with Gasteiger partial charge < -0.3 is 10.5 Å². The first-order valence-corrected chi connectivity index (χ1v) is 4.02. The molecule has 62 valence electrons. The molecule has 1 unspecified atom stereocenters. The first-order valence-electron chi connectivity index (χ1n) is 3.64. The summed E-state index contributed by atoms with van der Waals surface area (Å²) in [6.45, 7) is 2.53. The number of hydrogen-bond acceptors (Lipinski definition) is 2. The molecule has 2 nitrogen and oxygen atoms in total. The van der Waals surface area contributed by atoms with Crippen molar-refractivity contribution in [2.75, 3.05) is 6.61 Å². The van der Waals surface area contributed by atoms with Crippen molar-refractivity contribution in [2.24, 2.45) is 5.73 Å². The third-order valence-corrected chi connectivity index (χ3v) is 1.91. The largest absolute Gasteiger partial charge is 0.399 e. The van der Waals surface area contributed by atoms with Crippen LogP contribution in [0.5, 0.6) is 0 Å². The molecule has 0 radical (unpaired) electrons. The molecule has 11 heavy (non-hydrogen) atoms. The van der Waals surface area contributed by atoms with Crippen LogP contribution in [0.2, 0.25) is 0 Å². The van der Waals surface area contributed by atoms with Gasteiger partial charge in [-0.25, -0.2) is 0 Å². The molecule has 0 heterocycles. The van der Waals surface area contributed by atoms with Crippen LogP contribution in [0, 0.1) is 0 Å². The molecule has 0 aromatic rings. The Morgan fingerprint density at radius 3 is 3.00 bits per heavy atom. The summed E-state index contributed by atoms with van der Waals surface area (Å²) < 4.78 is 5.30. The molecule has 0 spiro atoms. The van der Waals surface area contributed by atoms with Crippen LogP contribution in [0.4, 0.5) is 0 Å². The maximum absolute atomic E-state index is 6.03. The maximum Gasteiger partial charge on any atom is 0.164 e. The summed E-state index contributed by atoms with van der Waals surface area (Å²) in [6.07, 6.45) is 6.06. The van der Waals surface area contributed by atoms with E-state index in [0.717, 1.165) is 5.70 Å². The van der Waals surface area contributed by atoms with E-state index in [2.05, 4.69) is 0 Å². The van der Waals surface area contributed by atoms with Gasteiger partial charge in [0, 0.05) is 18.7 Å². The zero-order valence-electron chi connectivity index (χ0n) is 6.51. The maximum atomic E-state index is 6.03. The standard InChI is InChI=1S/C8H12ClNO/c1-2-11-8(9)5-3-7(10)4-6-8/h3-5H,2,6,10H2,1H3. The van der Waals surface area contributed by atoms with E-state index in [9.17, 15) is 0 Å². The SMILES string of the molecule is CCOC1(Cl)C=CC(N)=CC1. The van der Waals surface area contributed by atoms with Crippen LogP contribution >= 0.6 is 11.6 Å². The van der Waals surface area contributed by atoms with Gasteiger partial charge >= 0.3 is 0 Å². The van der Waals surface area contributed by atoms with Crippen molar-refractivity contribution in [3.63, 3.8) is 0 Å². The van der Waals surface area contributed by atoms with Crippen LogP contribution < -0.4 is 5.73 Å². The Kier molecular flexibility index (Phi) is 2.58. The number of halogens is 1. The van der Waals surface area contributed by atoms with Crippen molar-refractivity contribution in [2.45, 2.75) is 18.4 Å². The second-order valence-corrected chi connectivity index (χ2v) is 3.10. The van der Waals surface area contributed by atoms with Gasteiger partial charge in [0.05, 0.1) is 0 Å². The van der Waals surface area contributed by atoms with Gasteiger partial charge in [-0.3, -0.25) is 0 Å². The first kappa shape index (κ1) is 8.62. The number of alkyl halides is 1. The van der Waals surface area contributed by atoms with Crippen LogP contribution in [0.1, 0.15) is 13.3 Å². The first-order chi connectivity index (χ1) is 5.16. The van der Waals surface area contributed by atoms with E-state index < -0.39 is 5.06 Å². The predicted molar refractivity (Wildman–Crippen MR) is 46.2 cm³/mol. The van der Waals surface area contributed by atoms with Gasteiger partial charge in [-0.05, 0) is 19.1 Å². The number of hydrogen-bond donors (Lipinski definition) is 1. The third kappa shape index (κ3) is 2.24. The quantitative estimate of drug-likeness (QED) is 0.646. The lowest BCUT2D eigenvalue weighted by Gasteiger charge is -2.24. The zero-order chi connectivity index (χ0) is 8.32. The van der Waals surface area contributed by atoms with Gasteiger partial charge in [0.15, 0.2) is 5.06 Å². The smallest absolute Gasteiger partial charge is 0.164 e. The lowest BCUT2D eigenvalue weighted by Crippen LogP contribution is -2.24. The van der Waals surface area contributed by atoms with E-state index in [0.29, 0.717) is 13.0 Å². The molecule has 0 aliphatic heterocycles. The fourth-order valence-electron chi connectivity index (χ4n) is 0.961. The fourth-order valence-corrected chi connectivity index (χ4v) is 1.21. The van der Waals surface area contributed by atoms with E-state index in [1.165, 1.54) is 0 Å². The summed E-state index contributed by atoms with van der Waals surface area (Å²) in [5.74, 6) is 0. The number of allylic oxidation sites excluding steroid dienone is 1. The number of nitrogens with two attached hydrogens (primary N) is 1. The normalized spacial score (nSPS) is 30.2. The molecule has 1 aliphatic carbocycles. The van der Waals surface area contributed by atoms with E-state index in [-0.39, 0.29) is 0 Å². The molecule has 0 aromatic carbocycles. The summed E-state index contributed by atoms with van der Waals surface area (Å²) in [6, 6.07) is 0. The molecule has 0 amide bonds. The van der Waals surface area contributed by atoms with Crippen molar-refractivity contribution in [1.82, 2.24) is 0 Å². The summed E-state index contributed by atoms with van der Waals surface area (Å²) in [7, 11) is 0. The molecule has 0 saturated heterocycles. The molecule has 0 fully saturated rings. The molecule has 1 rings (SSSR count). The average Bonchev–Trinajstić information content (AvgIpc) is 1.97. The summed E-state index contributed by atoms with van der Waals surface area (Å²) in [4.78, 5) is 0. The highest BCUT2D eigenvalue weighted by molar-refractivity contribution is 6.24. The highest BCUT2D eigenvalue weighted by atomic mass is 35.5. The molecule has 0 bridgehead atoms. The van der Waals surface area contributed by atoms with E-state index in [1.807, 2.05) is 13.0 Å². The Morgan fingerprint density at radius 1 is 1.82 bits per heavy atom. The molecule has 3 heteroatoms. The van der Waals surface area contributed by atoms with E-state index in [1.54, 1.807) is 12.2 Å². The Hall–Kier alpha value is -0.470. The summed E-state index contributed by atoms with van der Waals surface area (Å²) >= 11 is 6.03. The molecule has 1 atom stereocenters. The molecular weight excluding hydrogens is 162 g/mol. The second kappa shape index (κ2) is 3.28.